The van der Waals surface area contributed by atoms with Crippen LogP contribution in [-0.4, -0.2) is 34.3 Å². The minimum Gasteiger partial charge on any atom is -0.463 e. The van der Waals surface area contributed by atoms with Crippen LogP contribution in [0.2, 0.25) is 0 Å². The minimum atomic E-state index is -0.469. The number of amidine groups is 1. The summed E-state index contributed by atoms with van der Waals surface area (Å²) in [5.74, 6) is 0.299. The average Bonchev–Trinajstić information content (AvgIpc) is 2.54. The van der Waals surface area contributed by atoms with Gasteiger partial charge in [-0.15, -0.1) is 0 Å². The molecule has 2 aliphatic rings. The van der Waals surface area contributed by atoms with Crippen molar-refractivity contribution in [2.75, 3.05) is 12.4 Å². The van der Waals surface area contributed by atoms with Gasteiger partial charge in [0.05, 0.1) is 23.9 Å². The van der Waals surface area contributed by atoms with Crippen molar-refractivity contribution in [3.8, 4) is 0 Å². The summed E-state index contributed by atoms with van der Waals surface area (Å²) < 4.78 is 5.21. The first-order valence-corrected chi connectivity index (χ1v) is 8.58. The molecule has 1 fully saturated rings. The highest BCUT2D eigenvalue weighted by Crippen LogP contribution is 2.40. The quantitative estimate of drug-likeness (QED) is 0.800. The molecule has 0 N–H and O–H groups in total. The Hall–Kier alpha value is -2.08. The first-order valence-electron chi connectivity index (χ1n) is 7.60. The smallest absolute Gasteiger partial charge is 0.338 e. The Morgan fingerprint density at radius 1 is 1.39 bits per heavy atom. The van der Waals surface area contributed by atoms with E-state index in [0.717, 1.165) is 11.3 Å². The second-order valence-electron chi connectivity index (χ2n) is 5.29. The molecule has 5 nitrogen and oxygen atoms in total. The highest BCUT2D eigenvalue weighted by atomic mass is 32.2. The molecule has 0 radical (unpaired) electrons. The molecule has 0 spiro atoms. The number of carbonyl (C=O) groups excluding carboxylic acids is 2. The Morgan fingerprint density at radius 2 is 2.13 bits per heavy atom. The lowest BCUT2D eigenvalue weighted by atomic mass is 9.94. The van der Waals surface area contributed by atoms with Crippen LogP contribution in [0.4, 0.5) is 0 Å². The van der Waals surface area contributed by atoms with Crippen molar-refractivity contribution in [3.05, 3.63) is 47.2 Å². The topological polar surface area (TPSA) is 59.0 Å². The van der Waals surface area contributed by atoms with Crippen LogP contribution in [0.15, 0.2) is 46.6 Å². The number of allylic oxidation sites excluding steroid dienone is 1. The van der Waals surface area contributed by atoms with Crippen molar-refractivity contribution in [2.24, 2.45) is 4.99 Å². The molecular formula is C17H18N2O3S. The molecule has 23 heavy (non-hydrogen) atoms. The summed E-state index contributed by atoms with van der Waals surface area (Å²) in [5.41, 5.74) is 1.95. The number of carbonyl (C=O) groups is 2. The number of nitrogens with zero attached hydrogens (tertiary/aromatic N) is 2. The van der Waals surface area contributed by atoms with Crippen LogP contribution in [0.5, 0.6) is 0 Å². The summed E-state index contributed by atoms with van der Waals surface area (Å²) in [4.78, 5) is 31.1. The van der Waals surface area contributed by atoms with Gasteiger partial charge in [-0.2, -0.15) is 0 Å². The fourth-order valence-electron chi connectivity index (χ4n) is 2.82. The number of amides is 1. The summed E-state index contributed by atoms with van der Waals surface area (Å²) in [5, 5.41) is 0.667. The fraction of sp³-hybridized carbons (Fsp3) is 0.353. The molecule has 0 bridgehead atoms. The van der Waals surface area contributed by atoms with Gasteiger partial charge in [-0.3, -0.25) is 9.69 Å². The van der Waals surface area contributed by atoms with Gasteiger partial charge in [-0.1, -0.05) is 42.1 Å². The molecule has 0 aromatic heterocycles. The number of thioether (sulfide) groups is 1. The van der Waals surface area contributed by atoms with Crippen LogP contribution in [0, 0.1) is 0 Å². The lowest BCUT2D eigenvalue weighted by Crippen LogP contribution is -2.45. The maximum absolute atomic E-state index is 12.5. The zero-order chi connectivity index (χ0) is 16.4. The molecule has 0 saturated carbocycles. The van der Waals surface area contributed by atoms with Gasteiger partial charge in [-0.05, 0) is 19.4 Å². The van der Waals surface area contributed by atoms with Gasteiger partial charge in [0.2, 0.25) is 5.91 Å². The number of esters is 1. The van der Waals surface area contributed by atoms with Gasteiger partial charge in [0.15, 0.2) is 5.17 Å². The van der Waals surface area contributed by atoms with E-state index in [1.54, 1.807) is 30.5 Å². The molecule has 1 saturated heterocycles. The van der Waals surface area contributed by atoms with E-state index in [1.807, 2.05) is 30.3 Å². The fourth-order valence-corrected chi connectivity index (χ4v) is 3.82. The van der Waals surface area contributed by atoms with E-state index in [2.05, 4.69) is 4.99 Å². The molecule has 3 rings (SSSR count). The molecule has 2 heterocycles. The van der Waals surface area contributed by atoms with E-state index in [9.17, 15) is 9.59 Å². The second kappa shape index (κ2) is 6.58. The molecule has 0 aliphatic carbocycles. The van der Waals surface area contributed by atoms with Crippen molar-refractivity contribution >= 4 is 28.8 Å². The molecule has 120 valence electrons. The highest BCUT2D eigenvalue weighted by molar-refractivity contribution is 8.14. The molecule has 1 aromatic rings. The Bertz CT molecular complexity index is 697. The number of rotatable bonds is 3. The predicted molar refractivity (Wildman–Crippen MR) is 89.9 cm³/mol. The first kappa shape index (κ1) is 15.8. The van der Waals surface area contributed by atoms with Crippen molar-refractivity contribution in [3.63, 3.8) is 0 Å². The van der Waals surface area contributed by atoms with Crippen molar-refractivity contribution < 1.29 is 14.3 Å². The second-order valence-corrected chi connectivity index (χ2v) is 6.35. The standard InChI is InChI=1S/C17H18N2O3S/c1-3-22-16(21)14-11(2)18-17-19(13(20)9-10-23-17)15(14)12-7-5-4-6-8-12/h4-8,15H,3,9-10H2,1-2H3. The molecule has 6 heteroatoms. The lowest BCUT2D eigenvalue weighted by Gasteiger charge is -2.38. The van der Waals surface area contributed by atoms with Crippen molar-refractivity contribution in [1.82, 2.24) is 4.90 Å². The number of benzene rings is 1. The van der Waals surface area contributed by atoms with E-state index in [4.69, 9.17) is 4.74 Å². The summed E-state index contributed by atoms with van der Waals surface area (Å²) in [7, 11) is 0. The van der Waals surface area contributed by atoms with Crippen LogP contribution in [0.25, 0.3) is 0 Å². The maximum atomic E-state index is 12.5. The van der Waals surface area contributed by atoms with Crippen LogP contribution in [0.3, 0.4) is 0 Å². The molecule has 2 aliphatic heterocycles. The monoisotopic (exact) mass is 330 g/mol. The van der Waals surface area contributed by atoms with Gasteiger partial charge in [0.1, 0.15) is 0 Å². The SMILES string of the molecule is CCOC(=O)C1=C(C)N=C2SCCC(=O)N2C1c1ccccc1. The summed E-state index contributed by atoms with van der Waals surface area (Å²) in [6.45, 7) is 3.85. The molecule has 1 unspecified atom stereocenters. The van der Waals surface area contributed by atoms with Crippen LogP contribution in [-0.2, 0) is 14.3 Å². The third-order valence-corrected chi connectivity index (χ3v) is 4.77. The van der Waals surface area contributed by atoms with Crippen molar-refractivity contribution in [2.45, 2.75) is 26.3 Å². The minimum absolute atomic E-state index is 0.00866. The maximum Gasteiger partial charge on any atom is 0.338 e. The Morgan fingerprint density at radius 3 is 2.83 bits per heavy atom. The number of aliphatic imine (C=N–C) groups is 1. The lowest BCUT2D eigenvalue weighted by molar-refractivity contribution is -0.139. The summed E-state index contributed by atoms with van der Waals surface area (Å²) in [6, 6.07) is 9.09. The van der Waals surface area contributed by atoms with E-state index >= 15 is 0 Å². The van der Waals surface area contributed by atoms with E-state index in [0.29, 0.717) is 22.9 Å². The molecule has 1 amide bonds. The Labute approximate surface area is 139 Å². The number of hydrogen-bond acceptors (Lipinski definition) is 5. The van der Waals surface area contributed by atoms with E-state index < -0.39 is 12.0 Å². The van der Waals surface area contributed by atoms with Gasteiger partial charge in [0.25, 0.3) is 0 Å². The summed E-state index contributed by atoms with van der Waals surface area (Å²) >= 11 is 1.55. The van der Waals surface area contributed by atoms with Gasteiger partial charge in [-0.25, -0.2) is 9.79 Å². The predicted octanol–water partition coefficient (Wildman–Crippen LogP) is 2.90. The van der Waals surface area contributed by atoms with Gasteiger partial charge in [0, 0.05) is 12.2 Å². The van der Waals surface area contributed by atoms with Crippen LogP contribution in [0.1, 0.15) is 31.9 Å². The highest BCUT2D eigenvalue weighted by Gasteiger charge is 2.41. The number of ether oxygens (including phenoxy) is 1. The van der Waals surface area contributed by atoms with Crippen LogP contribution < -0.4 is 0 Å². The largest absolute Gasteiger partial charge is 0.463 e. The zero-order valence-electron chi connectivity index (χ0n) is 13.1. The van der Waals surface area contributed by atoms with E-state index in [1.165, 1.54) is 0 Å². The zero-order valence-corrected chi connectivity index (χ0v) is 13.9. The van der Waals surface area contributed by atoms with Gasteiger partial charge < -0.3 is 4.74 Å². The third kappa shape index (κ3) is 2.91. The molecule has 1 atom stereocenters. The number of hydrogen-bond donors (Lipinski definition) is 0. The van der Waals surface area contributed by atoms with Crippen molar-refractivity contribution in [1.29, 1.82) is 0 Å². The average molecular weight is 330 g/mol. The normalized spacial score (nSPS) is 21.0. The Balaban J connectivity index is 2.14. The van der Waals surface area contributed by atoms with Crippen LogP contribution >= 0.6 is 11.8 Å². The Kier molecular flexibility index (Phi) is 4.52. The first-order chi connectivity index (χ1) is 11.1. The third-order valence-electron chi connectivity index (χ3n) is 3.82. The van der Waals surface area contributed by atoms with E-state index in [-0.39, 0.29) is 12.5 Å². The van der Waals surface area contributed by atoms with Gasteiger partial charge >= 0.3 is 5.97 Å². The molecular weight excluding hydrogens is 312 g/mol. The summed E-state index contributed by atoms with van der Waals surface area (Å²) in [6.07, 6.45) is 0.447. The molecule has 1 aromatic carbocycles. The number of fused-ring (bicyclic) bond motifs is 1.